The highest BCUT2D eigenvalue weighted by Gasteiger charge is 1.97. The number of aliphatic carboxylic acids is 1. The molecular formula is C9H12N2O2. The van der Waals surface area contributed by atoms with Crippen molar-refractivity contribution in [1.82, 2.24) is 9.78 Å². The summed E-state index contributed by atoms with van der Waals surface area (Å²) in [6, 6.07) is 1.95. The minimum Gasteiger partial charge on any atom is -0.478 e. The van der Waals surface area contributed by atoms with Gasteiger partial charge in [-0.05, 0) is 19.9 Å². The van der Waals surface area contributed by atoms with Crippen LogP contribution >= 0.6 is 0 Å². The van der Waals surface area contributed by atoms with Gasteiger partial charge in [0.1, 0.15) is 0 Å². The van der Waals surface area contributed by atoms with Crippen LogP contribution in [-0.4, -0.2) is 20.9 Å². The zero-order valence-corrected chi connectivity index (χ0v) is 7.69. The highest BCUT2D eigenvalue weighted by molar-refractivity contribution is 5.79. The Balaban J connectivity index is 2.64. The summed E-state index contributed by atoms with van der Waals surface area (Å²) in [5.74, 6) is -0.929. The van der Waals surface area contributed by atoms with Crippen molar-refractivity contribution in [1.29, 1.82) is 0 Å². The molecule has 0 aliphatic carbocycles. The summed E-state index contributed by atoms with van der Waals surface area (Å²) in [4.78, 5) is 10.2. The fraction of sp³-hybridized carbons (Fsp3) is 0.333. The monoisotopic (exact) mass is 180 g/mol. The van der Waals surface area contributed by atoms with Crippen LogP contribution in [0.15, 0.2) is 18.2 Å². The summed E-state index contributed by atoms with van der Waals surface area (Å²) in [6.07, 6.45) is 2.69. The van der Waals surface area contributed by atoms with Crippen LogP contribution in [0.25, 0.3) is 0 Å². The lowest BCUT2D eigenvalue weighted by atomic mass is 10.4. The molecule has 0 aliphatic rings. The van der Waals surface area contributed by atoms with Gasteiger partial charge in [0.05, 0.1) is 12.2 Å². The Labute approximate surface area is 76.5 Å². The van der Waals surface area contributed by atoms with Crippen molar-refractivity contribution in [3.05, 3.63) is 29.6 Å². The van der Waals surface area contributed by atoms with Crippen LogP contribution in [0.4, 0.5) is 0 Å². The Morgan fingerprint density at radius 1 is 1.69 bits per heavy atom. The van der Waals surface area contributed by atoms with Crippen LogP contribution in [0.3, 0.4) is 0 Å². The minimum absolute atomic E-state index is 0.506. The van der Waals surface area contributed by atoms with Crippen molar-refractivity contribution in [2.45, 2.75) is 20.4 Å². The molecule has 0 unspecified atom stereocenters. The third kappa shape index (κ3) is 2.74. The number of hydrogen-bond donors (Lipinski definition) is 1. The van der Waals surface area contributed by atoms with Gasteiger partial charge in [-0.15, -0.1) is 0 Å². The van der Waals surface area contributed by atoms with Crippen LogP contribution in [-0.2, 0) is 11.3 Å². The number of carbonyl (C=O) groups is 1. The summed E-state index contributed by atoms with van der Waals surface area (Å²) >= 11 is 0. The van der Waals surface area contributed by atoms with E-state index in [2.05, 4.69) is 5.10 Å². The maximum atomic E-state index is 10.2. The van der Waals surface area contributed by atoms with Gasteiger partial charge >= 0.3 is 5.97 Å². The van der Waals surface area contributed by atoms with E-state index in [4.69, 9.17) is 5.11 Å². The molecule has 0 atom stereocenters. The fourth-order valence-electron chi connectivity index (χ4n) is 1.11. The third-order valence-corrected chi connectivity index (χ3v) is 1.64. The highest BCUT2D eigenvalue weighted by Crippen LogP contribution is 2.01. The van der Waals surface area contributed by atoms with Crippen LogP contribution in [0.5, 0.6) is 0 Å². The number of carboxylic acid groups (broad SMARTS) is 1. The van der Waals surface area contributed by atoms with E-state index in [9.17, 15) is 4.79 Å². The number of aryl methyl sites for hydroxylation is 2. The molecule has 1 heterocycles. The molecular weight excluding hydrogens is 168 g/mol. The normalized spacial score (nSPS) is 10.9. The maximum Gasteiger partial charge on any atom is 0.328 e. The molecule has 0 aromatic carbocycles. The topological polar surface area (TPSA) is 55.1 Å². The SMILES string of the molecule is Cc1cc(C)n(CC=CC(=O)O)n1. The van der Waals surface area contributed by atoms with Crippen molar-refractivity contribution >= 4 is 5.97 Å². The van der Waals surface area contributed by atoms with Gasteiger partial charge in [0.2, 0.25) is 0 Å². The van der Waals surface area contributed by atoms with Gasteiger partial charge in [-0.3, -0.25) is 4.68 Å². The number of aromatic nitrogens is 2. The second-order valence-electron chi connectivity index (χ2n) is 2.85. The van der Waals surface area contributed by atoms with E-state index in [0.717, 1.165) is 17.5 Å². The Morgan fingerprint density at radius 2 is 2.38 bits per heavy atom. The van der Waals surface area contributed by atoms with Gasteiger partial charge in [-0.1, -0.05) is 6.08 Å². The van der Waals surface area contributed by atoms with E-state index >= 15 is 0 Å². The molecule has 13 heavy (non-hydrogen) atoms. The summed E-state index contributed by atoms with van der Waals surface area (Å²) in [5.41, 5.74) is 1.98. The number of rotatable bonds is 3. The molecule has 4 nitrogen and oxygen atoms in total. The van der Waals surface area contributed by atoms with Crippen LogP contribution < -0.4 is 0 Å². The van der Waals surface area contributed by atoms with Crippen molar-refractivity contribution in [2.24, 2.45) is 0 Å². The Morgan fingerprint density at radius 3 is 2.85 bits per heavy atom. The van der Waals surface area contributed by atoms with Crippen molar-refractivity contribution in [3.63, 3.8) is 0 Å². The minimum atomic E-state index is -0.929. The second kappa shape index (κ2) is 3.89. The second-order valence-corrected chi connectivity index (χ2v) is 2.85. The molecule has 4 heteroatoms. The van der Waals surface area contributed by atoms with Crippen LogP contribution in [0, 0.1) is 13.8 Å². The summed E-state index contributed by atoms with van der Waals surface area (Å²) < 4.78 is 1.76. The van der Waals surface area contributed by atoms with Gasteiger partial charge in [-0.25, -0.2) is 4.79 Å². The van der Waals surface area contributed by atoms with Crippen molar-refractivity contribution in [3.8, 4) is 0 Å². The van der Waals surface area contributed by atoms with E-state index in [0.29, 0.717) is 6.54 Å². The summed E-state index contributed by atoms with van der Waals surface area (Å²) in [5, 5.41) is 12.5. The number of hydrogen-bond acceptors (Lipinski definition) is 2. The zero-order chi connectivity index (χ0) is 9.84. The predicted octanol–water partition coefficient (Wildman–Crippen LogP) is 1.14. The van der Waals surface area contributed by atoms with Crippen molar-refractivity contribution in [2.75, 3.05) is 0 Å². The molecule has 0 saturated carbocycles. The molecule has 70 valence electrons. The van der Waals surface area contributed by atoms with Gasteiger partial charge in [0.25, 0.3) is 0 Å². The lowest BCUT2D eigenvalue weighted by molar-refractivity contribution is -0.131. The molecule has 1 rings (SSSR count). The van der Waals surface area contributed by atoms with Crippen molar-refractivity contribution < 1.29 is 9.90 Å². The molecule has 0 spiro atoms. The first-order valence-corrected chi connectivity index (χ1v) is 4.00. The molecule has 0 amide bonds. The predicted molar refractivity (Wildman–Crippen MR) is 48.5 cm³/mol. The van der Waals surface area contributed by atoms with Gasteiger partial charge in [0.15, 0.2) is 0 Å². The van der Waals surface area contributed by atoms with Crippen LogP contribution in [0.2, 0.25) is 0 Å². The molecule has 0 fully saturated rings. The first-order valence-electron chi connectivity index (χ1n) is 4.00. The van der Waals surface area contributed by atoms with Gasteiger partial charge in [-0.2, -0.15) is 5.10 Å². The fourth-order valence-corrected chi connectivity index (χ4v) is 1.11. The lowest BCUT2D eigenvalue weighted by Crippen LogP contribution is -2.00. The molecule has 1 N–H and O–H groups in total. The Hall–Kier alpha value is -1.58. The average molecular weight is 180 g/mol. The smallest absolute Gasteiger partial charge is 0.328 e. The Kier molecular flexibility index (Phi) is 2.84. The molecule has 0 radical (unpaired) electrons. The highest BCUT2D eigenvalue weighted by atomic mass is 16.4. The van der Waals surface area contributed by atoms with E-state index in [1.807, 2.05) is 19.9 Å². The quantitative estimate of drug-likeness (QED) is 0.709. The maximum absolute atomic E-state index is 10.2. The third-order valence-electron chi connectivity index (χ3n) is 1.64. The molecule has 0 aliphatic heterocycles. The summed E-state index contributed by atoms with van der Waals surface area (Å²) in [7, 11) is 0. The van der Waals surface area contributed by atoms with Crippen LogP contribution in [0.1, 0.15) is 11.4 Å². The lowest BCUT2D eigenvalue weighted by Gasteiger charge is -1.97. The largest absolute Gasteiger partial charge is 0.478 e. The molecule has 1 aromatic rings. The first kappa shape index (κ1) is 9.51. The van der Waals surface area contributed by atoms with Gasteiger partial charge in [0, 0.05) is 11.8 Å². The first-order chi connectivity index (χ1) is 6.09. The molecule has 0 saturated heterocycles. The average Bonchev–Trinajstić information content (AvgIpc) is 2.29. The van der Waals surface area contributed by atoms with E-state index in [1.165, 1.54) is 0 Å². The summed E-state index contributed by atoms with van der Waals surface area (Å²) in [6.45, 7) is 4.35. The number of carboxylic acids is 1. The van der Waals surface area contributed by atoms with Gasteiger partial charge < -0.3 is 5.11 Å². The number of allylic oxidation sites excluding steroid dienone is 1. The standard InChI is InChI=1S/C9H12N2O2/c1-7-6-8(2)11(10-7)5-3-4-9(12)13/h3-4,6H,5H2,1-2H3,(H,12,13). The molecule has 0 bridgehead atoms. The number of nitrogens with zero attached hydrogens (tertiary/aromatic N) is 2. The van der Waals surface area contributed by atoms with E-state index in [1.54, 1.807) is 10.8 Å². The Bertz CT molecular complexity index is 339. The van der Waals surface area contributed by atoms with E-state index in [-0.39, 0.29) is 0 Å². The molecule has 1 aromatic heterocycles. The zero-order valence-electron chi connectivity index (χ0n) is 7.69. The van der Waals surface area contributed by atoms with E-state index < -0.39 is 5.97 Å².